The minimum Gasteiger partial charge on any atom is -0.481 e. The Kier molecular flexibility index (Phi) is 6.57. The number of nitriles is 1. The minimum atomic E-state index is -3.67. The predicted octanol–water partition coefficient (Wildman–Crippen LogP) is 2.47. The van der Waals surface area contributed by atoms with E-state index in [4.69, 9.17) is 5.11 Å². The van der Waals surface area contributed by atoms with Crippen molar-refractivity contribution in [2.45, 2.75) is 51.0 Å². The first kappa shape index (κ1) is 19.4. The van der Waals surface area contributed by atoms with E-state index >= 15 is 0 Å². The molecule has 2 N–H and O–H groups in total. The molecule has 1 aromatic carbocycles. The van der Waals surface area contributed by atoms with E-state index in [0.29, 0.717) is 19.3 Å². The number of hydrogen-bond donors (Lipinski definition) is 2. The first-order valence-corrected chi connectivity index (χ1v) is 10.2. The van der Waals surface area contributed by atoms with Gasteiger partial charge in [0.05, 0.1) is 17.2 Å². The average Bonchev–Trinajstić information content (AvgIpc) is 3.01. The number of nitrogens with zero attached hydrogens (tertiary/aromatic N) is 1. The van der Waals surface area contributed by atoms with Gasteiger partial charge in [-0.1, -0.05) is 43.2 Å². The van der Waals surface area contributed by atoms with E-state index in [1.165, 1.54) is 0 Å². The Bertz CT molecular complexity index is 719. The van der Waals surface area contributed by atoms with Crippen LogP contribution in [0.4, 0.5) is 0 Å². The maximum atomic E-state index is 12.6. The predicted molar refractivity (Wildman–Crippen MR) is 94.2 cm³/mol. The molecule has 0 bridgehead atoms. The zero-order chi connectivity index (χ0) is 18.3. The van der Waals surface area contributed by atoms with E-state index in [1.54, 1.807) is 0 Å². The number of nitrogens with one attached hydrogen (secondary N) is 1. The van der Waals surface area contributed by atoms with Gasteiger partial charge in [0.1, 0.15) is 0 Å². The van der Waals surface area contributed by atoms with Crippen LogP contribution < -0.4 is 4.72 Å². The van der Waals surface area contributed by atoms with Crippen molar-refractivity contribution in [2.75, 3.05) is 5.75 Å². The first-order chi connectivity index (χ1) is 11.8. The van der Waals surface area contributed by atoms with E-state index in [0.717, 1.165) is 18.4 Å². The Morgan fingerprint density at radius 1 is 1.28 bits per heavy atom. The van der Waals surface area contributed by atoms with Gasteiger partial charge in [-0.15, -0.1) is 0 Å². The number of rotatable bonds is 9. The van der Waals surface area contributed by atoms with E-state index in [1.807, 2.05) is 30.3 Å². The maximum absolute atomic E-state index is 12.6. The molecular weight excluding hydrogens is 340 g/mol. The lowest BCUT2D eigenvalue weighted by molar-refractivity contribution is -0.137. The van der Waals surface area contributed by atoms with E-state index in [2.05, 4.69) is 10.8 Å². The van der Waals surface area contributed by atoms with Crippen LogP contribution in [0.3, 0.4) is 0 Å². The molecule has 0 amide bonds. The van der Waals surface area contributed by atoms with Crippen LogP contribution in [0.5, 0.6) is 0 Å². The molecule has 0 aliphatic heterocycles. The summed E-state index contributed by atoms with van der Waals surface area (Å²) in [6.45, 7) is 0. The number of sulfonamides is 1. The molecule has 1 aliphatic carbocycles. The van der Waals surface area contributed by atoms with Crippen LogP contribution in [0.25, 0.3) is 0 Å². The topological polar surface area (TPSA) is 107 Å². The van der Waals surface area contributed by atoms with Crippen molar-refractivity contribution < 1.29 is 18.3 Å². The summed E-state index contributed by atoms with van der Waals surface area (Å²) in [6.07, 6.45) is 3.47. The van der Waals surface area contributed by atoms with Gasteiger partial charge >= 0.3 is 5.97 Å². The second kappa shape index (κ2) is 8.45. The highest BCUT2D eigenvalue weighted by Crippen LogP contribution is 2.38. The number of carboxylic acids is 1. The molecule has 1 fully saturated rings. The molecule has 6 nitrogen and oxygen atoms in total. The van der Waals surface area contributed by atoms with Crippen LogP contribution in [0.15, 0.2) is 30.3 Å². The number of carboxylic acid groups (broad SMARTS) is 1. The molecule has 0 saturated heterocycles. The van der Waals surface area contributed by atoms with Crippen LogP contribution >= 0.6 is 0 Å². The fraction of sp³-hybridized carbons (Fsp3) is 0.556. The fourth-order valence-electron chi connectivity index (χ4n) is 3.40. The molecular formula is C18H24N2O4S. The van der Waals surface area contributed by atoms with Gasteiger partial charge in [-0.25, -0.2) is 13.1 Å². The quantitative estimate of drug-likeness (QED) is 0.700. The highest BCUT2D eigenvalue weighted by Gasteiger charge is 2.39. The Balaban J connectivity index is 2.08. The van der Waals surface area contributed by atoms with Crippen molar-refractivity contribution in [3.8, 4) is 6.07 Å². The molecule has 1 atom stereocenters. The second-order valence-electron chi connectivity index (χ2n) is 6.80. The van der Waals surface area contributed by atoms with Gasteiger partial charge in [0.25, 0.3) is 0 Å². The highest BCUT2D eigenvalue weighted by molar-refractivity contribution is 7.89. The highest BCUT2D eigenvalue weighted by atomic mass is 32.2. The summed E-state index contributed by atoms with van der Waals surface area (Å²) in [5.74, 6) is -1.17. The molecule has 0 heterocycles. The lowest BCUT2D eigenvalue weighted by atomic mass is 9.91. The van der Waals surface area contributed by atoms with Crippen molar-refractivity contribution in [3.05, 3.63) is 35.9 Å². The van der Waals surface area contributed by atoms with Crippen molar-refractivity contribution in [1.29, 1.82) is 5.26 Å². The fourth-order valence-corrected chi connectivity index (χ4v) is 5.27. The molecule has 1 saturated carbocycles. The van der Waals surface area contributed by atoms with Gasteiger partial charge in [-0.2, -0.15) is 5.26 Å². The van der Waals surface area contributed by atoms with Crippen LogP contribution in [0, 0.1) is 16.7 Å². The second-order valence-corrected chi connectivity index (χ2v) is 8.55. The third-order valence-corrected chi connectivity index (χ3v) is 6.27. The summed E-state index contributed by atoms with van der Waals surface area (Å²) in [4.78, 5) is 10.9. The van der Waals surface area contributed by atoms with Gasteiger partial charge in [0, 0.05) is 12.5 Å². The molecule has 0 aromatic heterocycles. The van der Waals surface area contributed by atoms with Crippen LogP contribution in [0.1, 0.15) is 44.1 Å². The summed E-state index contributed by atoms with van der Waals surface area (Å²) in [7, 11) is -3.67. The molecule has 1 aliphatic rings. The number of hydrogen-bond acceptors (Lipinski definition) is 4. The summed E-state index contributed by atoms with van der Waals surface area (Å²) in [5.41, 5.74) is 0.132. The van der Waals surface area contributed by atoms with Crippen LogP contribution in [-0.4, -0.2) is 31.3 Å². The third-order valence-electron chi connectivity index (χ3n) is 4.64. The molecule has 0 radical (unpaired) electrons. The number of carbonyl (C=O) groups is 1. The summed E-state index contributed by atoms with van der Waals surface area (Å²) in [5, 5.41) is 18.3. The average molecular weight is 364 g/mol. The Hall–Kier alpha value is -1.91. The lowest BCUT2D eigenvalue weighted by Gasteiger charge is -2.23. The monoisotopic (exact) mass is 364 g/mol. The largest absolute Gasteiger partial charge is 0.481 e. The zero-order valence-electron chi connectivity index (χ0n) is 14.1. The van der Waals surface area contributed by atoms with Gasteiger partial charge in [0.15, 0.2) is 0 Å². The summed E-state index contributed by atoms with van der Waals surface area (Å²) < 4.78 is 27.8. The minimum absolute atomic E-state index is 0.108. The lowest BCUT2D eigenvalue weighted by Crippen LogP contribution is -2.41. The Morgan fingerprint density at radius 2 is 1.92 bits per heavy atom. The smallest absolute Gasteiger partial charge is 0.303 e. The molecule has 7 heteroatoms. The Morgan fingerprint density at radius 3 is 2.48 bits per heavy atom. The van der Waals surface area contributed by atoms with E-state index < -0.39 is 27.4 Å². The molecule has 1 aromatic rings. The number of benzene rings is 1. The van der Waals surface area contributed by atoms with Crippen molar-refractivity contribution >= 4 is 16.0 Å². The Labute approximate surface area is 148 Å². The molecule has 2 rings (SSSR count). The van der Waals surface area contributed by atoms with Crippen molar-refractivity contribution in [3.63, 3.8) is 0 Å². The zero-order valence-corrected chi connectivity index (χ0v) is 15.0. The van der Waals surface area contributed by atoms with Crippen LogP contribution in [-0.2, 0) is 21.2 Å². The molecule has 0 spiro atoms. The third kappa shape index (κ3) is 6.15. The van der Waals surface area contributed by atoms with Crippen molar-refractivity contribution in [2.24, 2.45) is 5.41 Å². The van der Waals surface area contributed by atoms with Gasteiger partial charge in [0.2, 0.25) is 10.0 Å². The maximum Gasteiger partial charge on any atom is 0.303 e. The van der Waals surface area contributed by atoms with Gasteiger partial charge in [-0.05, 0) is 31.2 Å². The van der Waals surface area contributed by atoms with E-state index in [9.17, 15) is 18.5 Å². The molecule has 1 unspecified atom stereocenters. The summed E-state index contributed by atoms with van der Waals surface area (Å²) >= 11 is 0. The van der Waals surface area contributed by atoms with E-state index in [-0.39, 0.29) is 18.6 Å². The van der Waals surface area contributed by atoms with Gasteiger partial charge in [-0.3, -0.25) is 4.79 Å². The molecule has 25 heavy (non-hydrogen) atoms. The van der Waals surface area contributed by atoms with Crippen molar-refractivity contribution in [1.82, 2.24) is 4.72 Å². The number of aliphatic carboxylic acids is 1. The SMILES string of the molecule is N#CC1(CS(=O)(=O)NC(CCC(=O)O)Cc2ccccc2)CCCC1. The summed E-state index contributed by atoms with van der Waals surface area (Å²) in [6, 6.07) is 11.1. The first-order valence-electron chi connectivity index (χ1n) is 8.51. The van der Waals surface area contributed by atoms with Crippen LogP contribution in [0.2, 0.25) is 0 Å². The molecule has 136 valence electrons. The van der Waals surface area contributed by atoms with Gasteiger partial charge < -0.3 is 5.11 Å². The standard InChI is InChI=1S/C18H24N2O4S/c19-13-18(10-4-5-11-18)14-25(23,24)20-16(8-9-17(21)22)12-15-6-2-1-3-7-15/h1-3,6-7,16,20H,4-5,8-12,14H2,(H,21,22). The normalized spacial score (nSPS) is 17.7.